The molecule has 1 rings (SSSR count). The standard InChI is InChI=1S/C7H7N3O4/c1-9(7(11)12)5-2-6(10(13)14)4-8-3-5/h2-4H,1H3,(H,11,12). The van der Waals surface area contributed by atoms with Crippen LogP contribution in [0.2, 0.25) is 0 Å². The van der Waals surface area contributed by atoms with E-state index >= 15 is 0 Å². The van der Waals surface area contributed by atoms with Crippen molar-refractivity contribution in [1.29, 1.82) is 0 Å². The van der Waals surface area contributed by atoms with Gasteiger partial charge in [-0.1, -0.05) is 0 Å². The summed E-state index contributed by atoms with van der Waals surface area (Å²) in [5, 5.41) is 18.9. The molecule has 7 nitrogen and oxygen atoms in total. The molecule has 1 aromatic rings. The Morgan fingerprint density at radius 3 is 2.79 bits per heavy atom. The Bertz CT molecular complexity index is 379. The van der Waals surface area contributed by atoms with Gasteiger partial charge < -0.3 is 5.11 Å². The highest BCUT2D eigenvalue weighted by molar-refractivity contribution is 5.85. The maximum Gasteiger partial charge on any atom is 0.411 e. The number of anilines is 1. The van der Waals surface area contributed by atoms with Gasteiger partial charge in [0.15, 0.2) is 0 Å². The number of aromatic nitrogens is 1. The molecule has 0 aromatic carbocycles. The maximum absolute atomic E-state index is 10.5. The molecule has 7 heteroatoms. The van der Waals surface area contributed by atoms with Crippen molar-refractivity contribution in [1.82, 2.24) is 4.98 Å². The molecule has 0 aliphatic carbocycles. The van der Waals surface area contributed by atoms with Gasteiger partial charge in [-0.3, -0.25) is 20.0 Å². The highest BCUT2D eigenvalue weighted by atomic mass is 16.6. The van der Waals surface area contributed by atoms with E-state index in [1.54, 1.807) is 0 Å². The lowest BCUT2D eigenvalue weighted by Gasteiger charge is -2.11. The van der Waals surface area contributed by atoms with E-state index in [9.17, 15) is 14.9 Å². The summed E-state index contributed by atoms with van der Waals surface area (Å²) in [5.74, 6) is 0. The summed E-state index contributed by atoms with van der Waals surface area (Å²) in [7, 11) is 1.28. The normalized spacial score (nSPS) is 9.50. The molecule has 0 saturated heterocycles. The molecule has 74 valence electrons. The van der Waals surface area contributed by atoms with E-state index in [0.29, 0.717) is 0 Å². The predicted octanol–water partition coefficient (Wildman–Crippen LogP) is 1.10. The molecule has 0 spiro atoms. The lowest BCUT2D eigenvalue weighted by molar-refractivity contribution is -0.385. The third-order valence-corrected chi connectivity index (χ3v) is 1.59. The van der Waals surface area contributed by atoms with Crippen molar-refractivity contribution >= 4 is 17.5 Å². The summed E-state index contributed by atoms with van der Waals surface area (Å²) in [4.78, 5) is 24.6. The first kappa shape index (κ1) is 9.90. The zero-order valence-electron chi connectivity index (χ0n) is 7.25. The van der Waals surface area contributed by atoms with Crippen LogP contribution in [0.1, 0.15) is 0 Å². The fourth-order valence-electron chi connectivity index (χ4n) is 0.810. The van der Waals surface area contributed by atoms with Crippen molar-refractivity contribution < 1.29 is 14.8 Å². The lowest BCUT2D eigenvalue weighted by Crippen LogP contribution is -2.23. The fourth-order valence-corrected chi connectivity index (χ4v) is 0.810. The minimum atomic E-state index is -1.20. The number of rotatable bonds is 2. The molecule has 0 fully saturated rings. The van der Waals surface area contributed by atoms with Crippen LogP contribution in [0.4, 0.5) is 16.2 Å². The number of hydrogen-bond donors (Lipinski definition) is 1. The summed E-state index contributed by atoms with van der Waals surface area (Å²) in [6, 6.07) is 1.14. The molecule has 1 amide bonds. The Kier molecular flexibility index (Phi) is 2.61. The number of hydrogen-bond acceptors (Lipinski definition) is 4. The quantitative estimate of drug-likeness (QED) is 0.565. The van der Waals surface area contributed by atoms with Crippen LogP contribution >= 0.6 is 0 Å². The molecule has 0 saturated carbocycles. The van der Waals surface area contributed by atoms with E-state index < -0.39 is 11.0 Å². The highest BCUT2D eigenvalue weighted by Gasteiger charge is 2.13. The maximum atomic E-state index is 10.5. The van der Waals surface area contributed by atoms with Gasteiger partial charge in [0.2, 0.25) is 0 Å². The van der Waals surface area contributed by atoms with Gasteiger partial charge in [0.1, 0.15) is 6.20 Å². The van der Waals surface area contributed by atoms with Gasteiger partial charge in [-0.05, 0) is 0 Å². The summed E-state index contributed by atoms with van der Waals surface area (Å²) >= 11 is 0. The zero-order valence-corrected chi connectivity index (χ0v) is 7.25. The van der Waals surface area contributed by atoms with E-state index in [0.717, 1.165) is 17.2 Å². The summed E-state index contributed by atoms with van der Waals surface area (Å²) in [6.45, 7) is 0. The Hall–Kier alpha value is -2.18. The van der Waals surface area contributed by atoms with Crippen molar-refractivity contribution in [2.75, 3.05) is 11.9 Å². The van der Waals surface area contributed by atoms with Crippen LogP contribution in [0, 0.1) is 10.1 Å². The van der Waals surface area contributed by atoms with Gasteiger partial charge >= 0.3 is 6.09 Å². The molecule has 1 aromatic heterocycles. The van der Waals surface area contributed by atoms with Crippen molar-refractivity contribution in [2.45, 2.75) is 0 Å². The number of pyridine rings is 1. The largest absolute Gasteiger partial charge is 0.465 e. The number of nitrogens with zero attached hydrogens (tertiary/aromatic N) is 3. The summed E-state index contributed by atoms with van der Waals surface area (Å²) in [5.41, 5.74) is -0.0812. The molecule has 0 aliphatic rings. The van der Waals surface area contributed by atoms with Crippen LogP contribution in [-0.2, 0) is 0 Å². The van der Waals surface area contributed by atoms with Crippen molar-refractivity contribution in [3.63, 3.8) is 0 Å². The average molecular weight is 197 g/mol. The predicted molar refractivity (Wildman–Crippen MR) is 47.3 cm³/mol. The summed E-state index contributed by atoms with van der Waals surface area (Å²) < 4.78 is 0. The van der Waals surface area contributed by atoms with Gasteiger partial charge in [-0.25, -0.2) is 4.79 Å². The number of amides is 1. The average Bonchev–Trinajstić information content (AvgIpc) is 2.16. The zero-order chi connectivity index (χ0) is 10.7. The number of carboxylic acid groups (broad SMARTS) is 1. The first-order valence-corrected chi connectivity index (χ1v) is 3.58. The topological polar surface area (TPSA) is 96.6 Å². The second kappa shape index (κ2) is 3.69. The Morgan fingerprint density at radius 2 is 2.29 bits per heavy atom. The van der Waals surface area contributed by atoms with E-state index in [2.05, 4.69) is 4.98 Å². The van der Waals surface area contributed by atoms with Crippen LogP contribution in [-0.4, -0.2) is 28.2 Å². The van der Waals surface area contributed by atoms with Gasteiger partial charge in [0, 0.05) is 13.1 Å². The van der Waals surface area contributed by atoms with Crippen molar-refractivity contribution in [2.24, 2.45) is 0 Å². The SMILES string of the molecule is CN(C(=O)O)c1cncc([N+](=O)[O-])c1. The monoisotopic (exact) mass is 197 g/mol. The van der Waals surface area contributed by atoms with Crippen LogP contribution in [0.25, 0.3) is 0 Å². The second-order valence-corrected chi connectivity index (χ2v) is 2.50. The molecule has 0 atom stereocenters. The number of nitro groups is 1. The van der Waals surface area contributed by atoms with Gasteiger partial charge in [0.25, 0.3) is 5.69 Å². The molecule has 0 radical (unpaired) electrons. The van der Waals surface area contributed by atoms with Gasteiger partial charge in [-0.15, -0.1) is 0 Å². The summed E-state index contributed by atoms with van der Waals surface area (Å²) in [6.07, 6.45) is 1.09. The third-order valence-electron chi connectivity index (χ3n) is 1.59. The van der Waals surface area contributed by atoms with Crippen molar-refractivity contribution in [3.05, 3.63) is 28.6 Å². The Labute approximate surface area is 78.7 Å². The first-order chi connectivity index (χ1) is 6.52. The fraction of sp³-hybridized carbons (Fsp3) is 0.143. The van der Waals surface area contributed by atoms with E-state index in [1.165, 1.54) is 13.2 Å². The van der Waals surface area contributed by atoms with E-state index in [1.807, 2.05) is 0 Å². The van der Waals surface area contributed by atoms with Gasteiger partial charge in [-0.2, -0.15) is 0 Å². The minimum Gasteiger partial charge on any atom is -0.465 e. The molecule has 0 bridgehead atoms. The van der Waals surface area contributed by atoms with Crippen molar-refractivity contribution in [3.8, 4) is 0 Å². The third kappa shape index (κ3) is 1.94. The first-order valence-electron chi connectivity index (χ1n) is 3.58. The minimum absolute atomic E-state index is 0.159. The molecule has 14 heavy (non-hydrogen) atoms. The van der Waals surface area contributed by atoms with E-state index in [-0.39, 0.29) is 11.4 Å². The van der Waals surface area contributed by atoms with Crippen LogP contribution < -0.4 is 4.90 Å². The molecule has 0 unspecified atom stereocenters. The molecular formula is C7H7N3O4. The van der Waals surface area contributed by atoms with E-state index in [4.69, 9.17) is 5.11 Å². The van der Waals surface area contributed by atoms with Crippen LogP contribution in [0.15, 0.2) is 18.5 Å². The van der Waals surface area contributed by atoms with Crippen LogP contribution in [0.3, 0.4) is 0 Å². The van der Waals surface area contributed by atoms with Crippen LogP contribution in [0.5, 0.6) is 0 Å². The molecule has 1 N–H and O–H groups in total. The second-order valence-electron chi connectivity index (χ2n) is 2.50. The molecule has 1 heterocycles. The Morgan fingerprint density at radius 1 is 1.64 bits per heavy atom. The molecular weight excluding hydrogens is 190 g/mol. The molecule has 0 aliphatic heterocycles. The van der Waals surface area contributed by atoms with Gasteiger partial charge in [0.05, 0.1) is 16.8 Å². The number of carbonyl (C=O) groups is 1. The smallest absolute Gasteiger partial charge is 0.411 e. The lowest BCUT2D eigenvalue weighted by atomic mass is 10.3. The Balaban J connectivity index is 3.05. The highest BCUT2D eigenvalue weighted by Crippen LogP contribution is 2.17.